The Morgan fingerprint density at radius 3 is 2.71 bits per heavy atom. The fourth-order valence-electron chi connectivity index (χ4n) is 1.99. The fourth-order valence-corrected chi connectivity index (χ4v) is 1.99. The molecule has 14 heavy (non-hydrogen) atoms. The summed E-state index contributed by atoms with van der Waals surface area (Å²) in [6.07, 6.45) is 2.63. The van der Waals surface area contributed by atoms with Gasteiger partial charge in [-0.05, 0) is 25.3 Å². The van der Waals surface area contributed by atoms with Crippen LogP contribution in [0.15, 0.2) is 0 Å². The minimum Gasteiger partial charge on any atom is -0.481 e. The number of hydrogen-bond donors (Lipinski definition) is 3. The van der Waals surface area contributed by atoms with Crippen LogP contribution in [0.4, 0.5) is 0 Å². The molecule has 1 aliphatic carbocycles. The summed E-state index contributed by atoms with van der Waals surface area (Å²) < 4.78 is 0. The zero-order valence-corrected chi connectivity index (χ0v) is 8.03. The molecule has 1 rings (SSSR count). The predicted molar refractivity (Wildman–Crippen MR) is 50.5 cm³/mol. The van der Waals surface area contributed by atoms with Crippen LogP contribution in [-0.4, -0.2) is 30.1 Å². The van der Waals surface area contributed by atoms with Crippen molar-refractivity contribution in [2.75, 3.05) is 13.1 Å². The Bertz CT molecular complexity index is 230. The summed E-state index contributed by atoms with van der Waals surface area (Å²) in [6.45, 7) is 0.697. The van der Waals surface area contributed by atoms with Gasteiger partial charge in [0, 0.05) is 0 Å². The van der Waals surface area contributed by atoms with Crippen molar-refractivity contribution in [3.8, 4) is 0 Å². The monoisotopic (exact) mass is 200 g/mol. The van der Waals surface area contributed by atoms with E-state index in [2.05, 4.69) is 5.32 Å². The quantitative estimate of drug-likeness (QED) is 0.561. The van der Waals surface area contributed by atoms with E-state index in [0.29, 0.717) is 6.54 Å². The van der Waals surface area contributed by atoms with Crippen LogP contribution in [0.2, 0.25) is 0 Å². The highest BCUT2D eigenvalue weighted by molar-refractivity contribution is 5.75. The number of primary amides is 1. The molecule has 2 unspecified atom stereocenters. The van der Waals surface area contributed by atoms with Gasteiger partial charge in [0.25, 0.3) is 0 Å². The molecular formula is C9H16N2O3. The summed E-state index contributed by atoms with van der Waals surface area (Å²) in [5, 5.41) is 11.7. The smallest absolute Gasteiger partial charge is 0.306 e. The van der Waals surface area contributed by atoms with Crippen LogP contribution < -0.4 is 11.1 Å². The first-order valence-corrected chi connectivity index (χ1v) is 4.83. The third kappa shape index (κ3) is 2.99. The summed E-state index contributed by atoms with van der Waals surface area (Å²) in [7, 11) is 0. The van der Waals surface area contributed by atoms with Crippen molar-refractivity contribution in [3.63, 3.8) is 0 Å². The van der Waals surface area contributed by atoms with Gasteiger partial charge in [-0.3, -0.25) is 9.59 Å². The van der Waals surface area contributed by atoms with E-state index in [0.717, 1.165) is 19.3 Å². The van der Waals surface area contributed by atoms with Gasteiger partial charge in [-0.15, -0.1) is 0 Å². The van der Waals surface area contributed by atoms with Gasteiger partial charge in [-0.2, -0.15) is 0 Å². The van der Waals surface area contributed by atoms with Gasteiger partial charge in [-0.25, -0.2) is 0 Å². The van der Waals surface area contributed by atoms with Crippen molar-refractivity contribution in [1.29, 1.82) is 0 Å². The summed E-state index contributed by atoms with van der Waals surface area (Å²) >= 11 is 0. The van der Waals surface area contributed by atoms with Crippen LogP contribution >= 0.6 is 0 Å². The number of carboxylic acids is 1. The van der Waals surface area contributed by atoms with Crippen LogP contribution in [-0.2, 0) is 9.59 Å². The van der Waals surface area contributed by atoms with Crippen LogP contribution in [0.25, 0.3) is 0 Å². The molecular weight excluding hydrogens is 184 g/mol. The Hall–Kier alpha value is -1.10. The number of carboxylic acid groups (broad SMARTS) is 1. The zero-order chi connectivity index (χ0) is 10.6. The molecule has 2 atom stereocenters. The first kappa shape index (κ1) is 11.0. The highest BCUT2D eigenvalue weighted by Gasteiger charge is 2.32. The number of nitrogens with one attached hydrogen (secondary N) is 1. The third-order valence-corrected chi connectivity index (χ3v) is 2.68. The normalized spacial score (nSPS) is 26.3. The molecule has 0 radical (unpaired) electrons. The Morgan fingerprint density at radius 1 is 1.43 bits per heavy atom. The van der Waals surface area contributed by atoms with Crippen LogP contribution in [0.3, 0.4) is 0 Å². The van der Waals surface area contributed by atoms with E-state index >= 15 is 0 Å². The Kier molecular flexibility index (Phi) is 3.88. The minimum atomic E-state index is -0.728. The Labute approximate surface area is 82.7 Å². The molecule has 1 fully saturated rings. The molecule has 0 heterocycles. The van der Waals surface area contributed by atoms with Crippen LogP contribution in [0, 0.1) is 11.8 Å². The second-order valence-corrected chi connectivity index (χ2v) is 3.73. The van der Waals surface area contributed by atoms with Crippen molar-refractivity contribution in [2.24, 2.45) is 17.6 Å². The van der Waals surface area contributed by atoms with E-state index in [4.69, 9.17) is 10.8 Å². The van der Waals surface area contributed by atoms with Crippen LogP contribution in [0.1, 0.15) is 19.3 Å². The molecule has 5 heteroatoms. The van der Waals surface area contributed by atoms with Gasteiger partial charge >= 0.3 is 5.97 Å². The van der Waals surface area contributed by atoms with Gasteiger partial charge in [0.15, 0.2) is 0 Å². The first-order valence-electron chi connectivity index (χ1n) is 4.83. The lowest BCUT2D eigenvalue weighted by Crippen LogP contribution is -2.34. The molecule has 0 aromatic rings. The lowest BCUT2D eigenvalue weighted by atomic mass is 9.96. The van der Waals surface area contributed by atoms with Gasteiger partial charge < -0.3 is 16.2 Å². The number of rotatable bonds is 5. The molecule has 0 aromatic heterocycles. The van der Waals surface area contributed by atoms with Crippen molar-refractivity contribution < 1.29 is 14.7 Å². The standard InChI is InChI=1S/C9H16N2O3/c10-8(12)5-11-4-6-2-1-3-7(6)9(13)14/h6-7,11H,1-5H2,(H2,10,12)(H,13,14). The van der Waals surface area contributed by atoms with E-state index in [9.17, 15) is 9.59 Å². The summed E-state index contributed by atoms with van der Waals surface area (Å²) in [4.78, 5) is 21.2. The lowest BCUT2D eigenvalue weighted by Gasteiger charge is -2.15. The maximum absolute atomic E-state index is 10.8. The average Bonchev–Trinajstić information content (AvgIpc) is 2.51. The SMILES string of the molecule is NC(=O)CNCC1CCCC1C(=O)O. The van der Waals surface area contributed by atoms with E-state index in [1.807, 2.05) is 0 Å². The fraction of sp³-hybridized carbons (Fsp3) is 0.778. The zero-order valence-electron chi connectivity index (χ0n) is 8.03. The molecule has 0 saturated heterocycles. The molecule has 80 valence electrons. The molecule has 1 amide bonds. The van der Waals surface area contributed by atoms with E-state index in [1.54, 1.807) is 0 Å². The Balaban J connectivity index is 2.29. The maximum atomic E-state index is 10.8. The highest BCUT2D eigenvalue weighted by Crippen LogP contribution is 2.31. The summed E-state index contributed by atoms with van der Waals surface area (Å²) in [5.41, 5.74) is 4.95. The molecule has 5 nitrogen and oxygen atoms in total. The molecule has 0 aliphatic heterocycles. The minimum absolute atomic E-state index is 0.128. The van der Waals surface area contributed by atoms with E-state index in [-0.39, 0.29) is 18.4 Å². The van der Waals surface area contributed by atoms with Crippen LogP contribution in [0.5, 0.6) is 0 Å². The summed E-state index contributed by atoms with van der Waals surface area (Å²) in [5.74, 6) is -1.24. The van der Waals surface area contributed by atoms with Crippen molar-refractivity contribution in [2.45, 2.75) is 19.3 Å². The number of amides is 1. The molecule has 0 spiro atoms. The first-order chi connectivity index (χ1) is 6.61. The van der Waals surface area contributed by atoms with Gasteiger partial charge in [-0.1, -0.05) is 6.42 Å². The number of carbonyl (C=O) groups is 2. The second kappa shape index (κ2) is 4.95. The van der Waals surface area contributed by atoms with Gasteiger partial charge in [0.05, 0.1) is 12.5 Å². The topological polar surface area (TPSA) is 92.4 Å². The van der Waals surface area contributed by atoms with E-state index in [1.165, 1.54) is 0 Å². The summed E-state index contributed by atoms with van der Waals surface area (Å²) in [6, 6.07) is 0. The molecule has 4 N–H and O–H groups in total. The number of carbonyl (C=O) groups excluding carboxylic acids is 1. The maximum Gasteiger partial charge on any atom is 0.306 e. The number of aliphatic carboxylic acids is 1. The molecule has 1 saturated carbocycles. The lowest BCUT2D eigenvalue weighted by molar-refractivity contribution is -0.142. The predicted octanol–water partition coefficient (Wildman–Crippen LogP) is -0.438. The van der Waals surface area contributed by atoms with Crippen molar-refractivity contribution >= 4 is 11.9 Å². The molecule has 0 aromatic carbocycles. The average molecular weight is 200 g/mol. The molecule has 1 aliphatic rings. The van der Waals surface area contributed by atoms with Crippen molar-refractivity contribution in [1.82, 2.24) is 5.32 Å². The third-order valence-electron chi connectivity index (χ3n) is 2.68. The molecule has 0 bridgehead atoms. The van der Waals surface area contributed by atoms with Gasteiger partial charge in [0.2, 0.25) is 5.91 Å². The highest BCUT2D eigenvalue weighted by atomic mass is 16.4. The Morgan fingerprint density at radius 2 is 2.14 bits per heavy atom. The van der Waals surface area contributed by atoms with Crippen molar-refractivity contribution in [3.05, 3.63) is 0 Å². The largest absolute Gasteiger partial charge is 0.481 e. The number of nitrogens with two attached hydrogens (primary N) is 1. The van der Waals surface area contributed by atoms with Gasteiger partial charge in [0.1, 0.15) is 0 Å². The number of hydrogen-bond acceptors (Lipinski definition) is 3. The second-order valence-electron chi connectivity index (χ2n) is 3.73. The van der Waals surface area contributed by atoms with E-state index < -0.39 is 11.9 Å².